The molecule has 1 aliphatic heterocycles. The van der Waals surface area contributed by atoms with Gasteiger partial charge in [0.25, 0.3) is 0 Å². The van der Waals surface area contributed by atoms with Gasteiger partial charge in [0, 0.05) is 35.4 Å². The molecule has 2 heterocycles. The number of H-pyrrole nitrogens is 1. The maximum absolute atomic E-state index is 5.05. The second-order valence-electron chi connectivity index (χ2n) is 7.56. The van der Waals surface area contributed by atoms with Gasteiger partial charge >= 0.3 is 0 Å². The molecule has 2 N–H and O–H groups in total. The molecule has 1 saturated heterocycles. The van der Waals surface area contributed by atoms with Gasteiger partial charge < -0.3 is 10.2 Å². The molecule has 0 amide bonds. The first kappa shape index (κ1) is 21.5. The molecule has 1 aliphatic carbocycles. The zero-order chi connectivity index (χ0) is 18.7. The van der Waals surface area contributed by atoms with Crippen molar-refractivity contribution in [3.63, 3.8) is 0 Å². The molecule has 1 aromatic heterocycles. The molecule has 0 bridgehead atoms. The largest absolute Gasteiger partial charge is 0.357 e. The molecule has 1 saturated carbocycles. The highest BCUT2D eigenvalue weighted by molar-refractivity contribution is 14.0. The predicted octanol–water partition coefficient (Wildman–Crippen LogP) is 4.06. The van der Waals surface area contributed by atoms with Crippen molar-refractivity contribution in [3.8, 4) is 0 Å². The lowest BCUT2D eigenvalue weighted by Gasteiger charge is -2.33. The van der Waals surface area contributed by atoms with Crippen LogP contribution in [0.3, 0.4) is 0 Å². The average molecular weight is 559 g/mol. The van der Waals surface area contributed by atoms with E-state index < -0.39 is 0 Å². The first-order valence-electron chi connectivity index (χ1n) is 9.85. The van der Waals surface area contributed by atoms with Crippen LogP contribution in [0, 0.1) is 0 Å². The Morgan fingerprint density at radius 2 is 2.07 bits per heavy atom. The van der Waals surface area contributed by atoms with Crippen LogP contribution in [-0.2, 0) is 5.41 Å². The smallest absolute Gasteiger partial charge is 0.193 e. The van der Waals surface area contributed by atoms with Crippen LogP contribution < -0.4 is 5.32 Å². The summed E-state index contributed by atoms with van der Waals surface area (Å²) in [6, 6.07) is 8.58. The van der Waals surface area contributed by atoms with Gasteiger partial charge in [-0.25, -0.2) is 4.98 Å². The summed E-state index contributed by atoms with van der Waals surface area (Å²) < 4.78 is 1.20. The lowest BCUT2D eigenvalue weighted by molar-refractivity contribution is 0.298. The minimum Gasteiger partial charge on any atom is -0.357 e. The Morgan fingerprint density at radius 3 is 2.68 bits per heavy atom. The number of nitrogens with one attached hydrogen (secondary N) is 2. The van der Waals surface area contributed by atoms with Gasteiger partial charge in [0.15, 0.2) is 5.96 Å². The summed E-state index contributed by atoms with van der Waals surface area (Å²) in [5.74, 6) is 2.54. The molecule has 0 unspecified atom stereocenters. The minimum absolute atomic E-state index is 0. The van der Waals surface area contributed by atoms with Gasteiger partial charge in [0.05, 0.1) is 6.54 Å². The molecule has 2 fully saturated rings. The fourth-order valence-corrected chi connectivity index (χ4v) is 4.69. The molecule has 8 heteroatoms. The maximum atomic E-state index is 5.05. The fraction of sp³-hybridized carbons (Fsp3) is 0.550. The number of nitrogens with zero attached hydrogens (tertiary/aromatic N) is 4. The number of hydrogen-bond donors (Lipinski definition) is 2. The van der Waals surface area contributed by atoms with Crippen molar-refractivity contribution < 1.29 is 0 Å². The Labute approximate surface area is 192 Å². The quantitative estimate of drug-likeness (QED) is 0.330. The molecule has 6 nitrogen and oxygen atoms in total. The predicted molar refractivity (Wildman–Crippen MR) is 126 cm³/mol. The van der Waals surface area contributed by atoms with E-state index in [0.717, 1.165) is 50.8 Å². The SMILES string of the molecule is CCNC(=NCC1(c2ccccc2Br)CC1)N1CCC(c2ncn[nH]2)CC1.I. The first-order chi connectivity index (χ1) is 13.2. The van der Waals surface area contributed by atoms with Gasteiger partial charge in [-0.3, -0.25) is 10.1 Å². The fourth-order valence-electron chi connectivity index (χ4n) is 3.98. The van der Waals surface area contributed by atoms with E-state index in [1.807, 2.05) is 0 Å². The van der Waals surface area contributed by atoms with Gasteiger partial charge in [-0.2, -0.15) is 5.10 Å². The van der Waals surface area contributed by atoms with E-state index >= 15 is 0 Å². The summed E-state index contributed by atoms with van der Waals surface area (Å²) in [6.45, 7) is 5.87. The molecule has 0 spiro atoms. The van der Waals surface area contributed by atoms with E-state index in [-0.39, 0.29) is 29.4 Å². The Kier molecular flexibility index (Phi) is 7.36. The van der Waals surface area contributed by atoms with Crippen molar-refractivity contribution >= 4 is 45.9 Å². The number of benzene rings is 1. The Hall–Kier alpha value is -1.16. The summed E-state index contributed by atoms with van der Waals surface area (Å²) in [4.78, 5) is 11.8. The summed E-state index contributed by atoms with van der Waals surface area (Å²) in [5.41, 5.74) is 1.60. The Bertz CT molecular complexity index is 782. The van der Waals surface area contributed by atoms with E-state index in [9.17, 15) is 0 Å². The van der Waals surface area contributed by atoms with E-state index in [1.54, 1.807) is 6.33 Å². The van der Waals surface area contributed by atoms with E-state index in [4.69, 9.17) is 4.99 Å². The lowest BCUT2D eigenvalue weighted by Crippen LogP contribution is -2.45. The van der Waals surface area contributed by atoms with E-state index in [0.29, 0.717) is 5.92 Å². The normalized spacial score (nSPS) is 19.2. The summed E-state index contributed by atoms with van der Waals surface area (Å²) in [5, 5.41) is 10.5. The molecule has 152 valence electrons. The molecular formula is C20H28BrIN6. The van der Waals surface area contributed by atoms with Gasteiger partial charge in [-0.1, -0.05) is 34.1 Å². The minimum atomic E-state index is 0. The molecule has 0 atom stereocenters. The molecule has 28 heavy (non-hydrogen) atoms. The lowest BCUT2D eigenvalue weighted by atomic mass is 9.96. The zero-order valence-corrected chi connectivity index (χ0v) is 20.1. The van der Waals surface area contributed by atoms with Crippen molar-refractivity contribution in [3.05, 3.63) is 46.5 Å². The van der Waals surface area contributed by atoms with Crippen LogP contribution in [0.1, 0.15) is 49.9 Å². The van der Waals surface area contributed by atoms with E-state index in [2.05, 4.69) is 72.5 Å². The molecular weight excluding hydrogens is 531 g/mol. The van der Waals surface area contributed by atoms with Crippen LogP contribution in [0.25, 0.3) is 0 Å². The number of halogens is 2. The third kappa shape index (κ3) is 4.69. The molecule has 4 rings (SSSR count). The summed E-state index contributed by atoms with van der Waals surface area (Å²) in [7, 11) is 0. The topological polar surface area (TPSA) is 69.2 Å². The van der Waals surface area contributed by atoms with Crippen LogP contribution in [0.5, 0.6) is 0 Å². The monoisotopic (exact) mass is 558 g/mol. The number of aromatic nitrogens is 3. The number of guanidine groups is 1. The Balaban J connectivity index is 0.00000225. The highest BCUT2D eigenvalue weighted by atomic mass is 127. The average Bonchev–Trinajstić information content (AvgIpc) is 3.27. The standard InChI is InChI=1S/C20H27BrN6.HI/c1-2-22-19(27-11-7-15(8-12-27)18-24-14-25-26-18)23-13-20(9-10-20)16-5-3-4-6-17(16)21;/h3-6,14-15H,2,7-13H2,1H3,(H,22,23)(H,24,25,26);1H. The van der Waals surface area contributed by atoms with Gasteiger partial charge in [0.2, 0.25) is 0 Å². The van der Waals surface area contributed by atoms with Crippen molar-refractivity contribution in [2.75, 3.05) is 26.2 Å². The number of aromatic amines is 1. The number of rotatable bonds is 5. The number of likely N-dealkylation sites (tertiary alicyclic amines) is 1. The summed E-state index contributed by atoms with van der Waals surface area (Å²) in [6.07, 6.45) is 6.19. The molecule has 1 aromatic carbocycles. The maximum Gasteiger partial charge on any atom is 0.193 e. The van der Waals surface area contributed by atoms with Crippen molar-refractivity contribution in [1.29, 1.82) is 0 Å². The van der Waals surface area contributed by atoms with Gasteiger partial charge in [-0.05, 0) is 44.2 Å². The number of hydrogen-bond acceptors (Lipinski definition) is 3. The van der Waals surface area contributed by atoms with Gasteiger partial charge in [-0.15, -0.1) is 24.0 Å². The van der Waals surface area contributed by atoms with Crippen LogP contribution in [0.15, 0.2) is 40.1 Å². The summed E-state index contributed by atoms with van der Waals surface area (Å²) >= 11 is 3.72. The molecule has 0 radical (unpaired) electrons. The third-order valence-electron chi connectivity index (χ3n) is 5.78. The number of aliphatic imine (C=N–C) groups is 1. The highest BCUT2D eigenvalue weighted by Gasteiger charge is 2.45. The first-order valence-corrected chi connectivity index (χ1v) is 10.6. The molecule has 2 aromatic rings. The third-order valence-corrected chi connectivity index (χ3v) is 6.47. The van der Waals surface area contributed by atoms with Crippen LogP contribution in [0.4, 0.5) is 0 Å². The Morgan fingerprint density at radius 1 is 1.32 bits per heavy atom. The second kappa shape index (κ2) is 9.56. The highest BCUT2D eigenvalue weighted by Crippen LogP contribution is 2.50. The van der Waals surface area contributed by atoms with Crippen molar-refractivity contribution in [2.45, 2.75) is 43.9 Å². The van der Waals surface area contributed by atoms with Crippen LogP contribution >= 0.6 is 39.9 Å². The molecule has 2 aliphatic rings. The van der Waals surface area contributed by atoms with Crippen LogP contribution in [0.2, 0.25) is 0 Å². The van der Waals surface area contributed by atoms with Crippen LogP contribution in [-0.4, -0.2) is 52.2 Å². The zero-order valence-electron chi connectivity index (χ0n) is 16.2. The number of piperidine rings is 1. The van der Waals surface area contributed by atoms with Gasteiger partial charge in [0.1, 0.15) is 12.2 Å². The van der Waals surface area contributed by atoms with E-state index in [1.165, 1.54) is 22.9 Å². The van der Waals surface area contributed by atoms with Crippen molar-refractivity contribution in [1.82, 2.24) is 25.4 Å². The van der Waals surface area contributed by atoms with Crippen molar-refractivity contribution in [2.24, 2.45) is 4.99 Å². The second-order valence-corrected chi connectivity index (χ2v) is 8.42.